The summed E-state index contributed by atoms with van der Waals surface area (Å²) in [7, 11) is 0. The monoisotopic (exact) mass is 318 g/mol. The number of hydrogen-bond acceptors (Lipinski definition) is 3. The first-order valence-electron chi connectivity index (χ1n) is 5.52. The van der Waals surface area contributed by atoms with Crippen LogP contribution in [0.25, 0.3) is 0 Å². The summed E-state index contributed by atoms with van der Waals surface area (Å²) < 4.78 is 15.8. The number of aryl methyl sites for hydroxylation is 1. The Morgan fingerprint density at radius 1 is 1.47 bits per heavy atom. The standard InChI is InChI=1S/C12H19BrN2OS/c1-8(15-17(16)12(3,4)5)10-6-11(13)9(2)14-7-10/h6-8,15H,1-5H3/t8-,17-/m1/s1. The molecule has 0 bridgehead atoms. The van der Waals surface area contributed by atoms with E-state index in [9.17, 15) is 4.55 Å². The Bertz CT molecular complexity index is 393. The molecule has 0 aliphatic carbocycles. The normalized spacial score (nSPS) is 15.7. The molecule has 0 aromatic carbocycles. The van der Waals surface area contributed by atoms with Gasteiger partial charge < -0.3 is 4.55 Å². The molecule has 0 amide bonds. The van der Waals surface area contributed by atoms with Gasteiger partial charge >= 0.3 is 0 Å². The smallest absolute Gasteiger partial charge is 0.136 e. The number of hydrogen-bond donors (Lipinski definition) is 1. The SMILES string of the molecule is Cc1ncc([C@@H](C)N[S@+]([O-])C(C)(C)C)cc1Br. The molecule has 1 rings (SSSR count). The summed E-state index contributed by atoms with van der Waals surface area (Å²) in [4.78, 5) is 4.28. The average Bonchev–Trinajstić information content (AvgIpc) is 2.20. The van der Waals surface area contributed by atoms with Crippen molar-refractivity contribution < 1.29 is 4.55 Å². The highest BCUT2D eigenvalue weighted by atomic mass is 79.9. The molecule has 1 aromatic heterocycles. The molecular weight excluding hydrogens is 300 g/mol. The van der Waals surface area contributed by atoms with Crippen LogP contribution in [0.15, 0.2) is 16.7 Å². The average molecular weight is 319 g/mol. The van der Waals surface area contributed by atoms with Crippen LogP contribution in [0, 0.1) is 6.92 Å². The summed E-state index contributed by atoms with van der Waals surface area (Å²) in [6.45, 7) is 9.78. The van der Waals surface area contributed by atoms with Crippen molar-refractivity contribution in [1.29, 1.82) is 0 Å². The van der Waals surface area contributed by atoms with Gasteiger partial charge in [0.1, 0.15) is 4.75 Å². The quantitative estimate of drug-likeness (QED) is 0.870. The van der Waals surface area contributed by atoms with Crippen molar-refractivity contribution in [2.24, 2.45) is 0 Å². The van der Waals surface area contributed by atoms with Crippen LogP contribution in [-0.4, -0.2) is 14.3 Å². The van der Waals surface area contributed by atoms with Gasteiger partial charge in [-0.2, -0.15) is 0 Å². The molecule has 0 unspecified atom stereocenters. The Morgan fingerprint density at radius 3 is 2.53 bits per heavy atom. The number of halogens is 1. The molecule has 3 nitrogen and oxygen atoms in total. The predicted octanol–water partition coefficient (Wildman–Crippen LogP) is 3.27. The number of aromatic nitrogens is 1. The summed E-state index contributed by atoms with van der Waals surface area (Å²) in [5, 5.41) is 0. The Kier molecular flexibility index (Phi) is 5.01. The minimum Gasteiger partial charge on any atom is -0.598 e. The van der Waals surface area contributed by atoms with E-state index in [1.54, 1.807) is 0 Å². The van der Waals surface area contributed by atoms with Gasteiger partial charge in [0.2, 0.25) is 0 Å². The van der Waals surface area contributed by atoms with Crippen LogP contribution in [0.2, 0.25) is 0 Å². The van der Waals surface area contributed by atoms with Gasteiger partial charge in [-0.05, 0) is 62.2 Å². The van der Waals surface area contributed by atoms with Crippen LogP contribution in [-0.2, 0) is 11.4 Å². The highest BCUT2D eigenvalue weighted by Gasteiger charge is 2.28. The van der Waals surface area contributed by atoms with Crippen molar-refractivity contribution in [2.45, 2.75) is 45.4 Å². The molecule has 0 radical (unpaired) electrons. The lowest BCUT2D eigenvalue weighted by atomic mass is 10.1. The van der Waals surface area contributed by atoms with Crippen LogP contribution in [0.5, 0.6) is 0 Å². The zero-order valence-electron chi connectivity index (χ0n) is 10.9. The highest BCUT2D eigenvalue weighted by Crippen LogP contribution is 2.22. The molecule has 0 aliphatic rings. The molecule has 0 saturated carbocycles. The first kappa shape index (κ1) is 15.0. The third kappa shape index (κ3) is 4.25. The lowest BCUT2D eigenvalue weighted by Crippen LogP contribution is -2.40. The van der Waals surface area contributed by atoms with E-state index in [0.29, 0.717) is 0 Å². The topological polar surface area (TPSA) is 48.0 Å². The first-order valence-corrected chi connectivity index (χ1v) is 7.46. The maximum Gasteiger partial charge on any atom is 0.136 e. The molecule has 0 saturated heterocycles. The fraction of sp³-hybridized carbons (Fsp3) is 0.583. The van der Waals surface area contributed by atoms with Crippen LogP contribution in [0.1, 0.15) is 45.0 Å². The maximum atomic E-state index is 12.0. The second kappa shape index (κ2) is 5.69. The van der Waals surface area contributed by atoms with Gasteiger partial charge in [0.25, 0.3) is 0 Å². The molecule has 5 heteroatoms. The predicted molar refractivity (Wildman–Crippen MR) is 76.1 cm³/mol. The molecule has 1 N–H and O–H groups in total. The number of pyridine rings is 1. The van der Waals surface area contributed by atoms with Gasteiger partial charge in [0.05, 0.1) is 11.7 Å². The van der Waals surface area contributed by atoms with E-state index in [-0.39, 0.29) is 10.8 Å². The highest BCUT2D eigenvalue weighted by molar-refractivity contribution is 9.10. The van der Waals surface area contributed by atoms with Gasteiger partial charge in [-0.1, -0.05) is 0 Å². The summed E-state index contributed by atoms with van der Waals surface area (Å²) in [6.07, 6.45) is 1.82. The second-order valence-electron chi connectivity index (χ2n) is 5.06. The molecule has 2 atom stereocenters. The minimum absolute atomic E-state index is 0.0134. The number of rotatable bonds is 3. The zero-order chi connectivity index (χ0) is 13.2. The van der Waals surface area contributed by atoms with Crippen LogP contribution < -0.4 is 4.72 Å². The van der Waals surface area contributed by atoms with E-state index >= 15 is 0 Å². The van der Waals surface area contributed by atoms with E-state index in [0.717, 1.165) is 15.7 Å². The third-order valence-electron chi connectivity index (χ3n) is 2.39. The summed E-state index contributed by atoms with van der Waals surface area (Å²) >= 11 is 2.38. The molecule has 0 spiro atoms. The van der Waals surface area contributed by atoms with Gasteiger partial charge in [-0.3, -0.25) is 4.98 Å². The zero-order valence-corrected chi connectivity index (χ0v) is 13.3. The summed E-state index contributed by atoms with van der Waals surface area (Å²) in [6, 6.07) is 2.03. The lowest BCUT2D eigenvalue weighted by Gasteiger charge is -2.26. The third-order valence-corrected chi connectivity index (χ3v) is 4.87. The largest absolute Gasteiger partial charge is 0.598 e. The molecule has 1 aromatic rings. The fourth-order valence-electron chi connectivity index (χ4n) is 1.16. The van der Waals surface area contributed by atoms with Crippen molar-refractivity contribution in [3.05, 3.63) is 28.0 Å². The van der Waals surface area contributed by atoms with E-state index < -0.39 is 11.4 Å². The second-order valence-corrected chi connectivity index (χ2v) is 7.91. The van der Waals surface area contributed by atoms with Crippen molar-refractivity contribution >= 4 is 27.3 Å². The van der Waals surface area contributed by atoms with Gasteiger partial charge in [0.15, 0.2) is 0 Å². The van der Waals surface area contributed by atoms with Gasteiger partial charge in [-0.15, -0.1) is 4.72 Å². The first-order chi connectivity index (χ1) is 7.71. The molecule has 17 heavy (non-hydrogen) atoms. The van der Waals surface area contributed by atoms with Gasteiger partial charge in [0, 0.05) is 22.0 Å². The molecule has 0 aliphatic heterocycles. The Balaban J connectivity index is 2.76. The Morgan fingerprint density at radius 2 is 2.06 bits per heavy atom. The van der Waals surface area contributed by atoms with Crippen LogP contribution >= 0.6 is 15.9 Å². The summed E-state index contributed by atoms with van der Waals surface area (Å²) in [5.41, 5.74) is 1.98. The van der Waals surface area contributed by atoms with Crippen LogP contribution in [0.3, 0.4) is 0 Å². The van der Waals surface area contributed by atoms with Crippen molar-refractivity contribution in [3.63, 3.8) is 0 Å². The van der Waals surface area contributed by atoms with E-state index in [2.05, 4.69) is 25.6 Å². The number of nitrogens with zero attached hydrogens (tertiary/aromatic N) is 1. The molecule has 0 fully saturated rings. The van der Waals surface area contributed by atoms with Crippen LogP contribution in [0.4, 0.5) is 0 Å². The fourth-order valence-corrected chi connectivity index (χ4v) is 2.34. The minimum atomic E-state index is -1.07. The number of nitrogens with one attached hydrogen (secondary N) is 1. The maximum absolute atomic E-state index is 12.0. The van der Waals surface area contributed by atoms with Crippen molar-refractivity contribution in [3.8, 4) is 0 Å². The lowest BCUT2D eigenvalue weighted by molar-refractivity contribution is 0.531. The van der Waals surface area contributed by atoms with E-state index in [1.807, 2.05) is 46.9 Å². The Labute approximate surface area is 115 Å². The van der Waals surface area contributed by atoms with E-state index in [1.165, 1.54) is 0 Å². The van der Waals surface area contributed by atoms with E-state index in [4.69, 9.17) is 0 Å². The molecular formula is C12H19BrN2OS. The molecule has 96 valence electrons. The Hall–Kier alpha value is -0.100. The van der Waals surface area contributed by atoms with Crippen molar-refractivity contribution in [1.82, 2.24) is 9.71 Å². The van der Waals surface area contributed by atoms with Gasteiger partial charge in [-0.25, -0.2) is 0 Å². The molecule has 1 heterocycles. The summed E-state index contributed by atoms with van der Waals surface area (Å²) in [5.74, 6) is 0. The van der Waals surface area contributed by atoms with Crippen molar-refractivity contribution in [2.75, 3.05) is 0 Å².